The van der Waals surface area contributed by atoms with E-state index >= 15 is 0 Å². The van der Waals surface area contributed by atoms with Gasteiger partial charge in [-0.05, 0) is 30.9 Å². The second-order valence-electron chi connectivity index (χ2n) is 7.07. The van der Waals surface area contributed by atoms with Crippen molar-refractivity contribution < 1.29 is 13.2 Å². The van der Waals surface area contributed by atoms with E-state index in [0.29, 0.717) is 5.69 Å². The summed E-state index contributed by atoms with van der Waals surface area (Å²) in [6, 6.07) is 7.48. The Morgan fingerprint density at radius 1 is 1.22 bits per heavy atom. The molecule has 1 rings (SSSR count). The van der Waals surface area contributed by atoms with E-state index in [4.69, 9.17) is 0 Å². The minimum atomic E-state index is -3.47. The smallest absolute Gasteiger partial charge is 0.232 e. The summed E-state index contributed by atoms with van der Waals surface area (Å²) in [5, 5.41) is 2.79. The summed E-state index contributed by atoms with van der Waals surface area (Å²) < 4.78 is 25.8. The summed E-state index contributed by atoms with van der Waals surface area (Å²) in [4.78, 5) is 11.9. The molecule has 0 aliphatic rings. The zero-order chi connectivity index (χ0) is 17.8. The zero-order valence-corrected chi connectivity index (χ0v) is 15.7. The molecule has 0 heterocycles. The van der Waals surface area contributed by atoms with E-state index in [0.717, 1.165) is 5.56 Å². The number of nitrogens with one attached hydrogen (secondary N) is 1. The Kier molecular flexibility index (Phi) is 6.22. The van der Waals surface area contributed by atoms with Crippen molar-refractivity contribution in [1.29, 1.82) is 0 Å². The molecule has 0 aromatic heterocycles. The van der Waals surface area contributed by atoms with E-state index in [1.165, 1.54) is 10.6 Å². The third-order valence-corrected chi connectivity index (χ3v) is 4.55. The Morgan fingerprint density at radius 3 is 2.26 bits per heavy atom. The van der Waals surface area contributed by atoms with Crippen molar-refractivity contribution in [1.82, 2.24) is 5.32 Å². The molecule has 1 amide bonds. The van der Waals surface area contributed by atoms with Crippen LogP contribution in [0.5, 0.6) is 0 Å². The van der Waals surface area contributed by atoms with Crippen LogP contribution < -0.4 is 9.62 Å². The first-order valence-electron chi connectivity index (χ1n) is 7.79. The first-order chi connectivity index (χ1) is 10.4. The van der Waals surface area contributed by atoms with Gasteiger partial charge < -0.3 is 5.32 Å². The number of para-hydroxylation sites is 1. The third-order valence-electron chi connectivity index (χ3n) is 3.37. The molecule has 6 heteroatoms. The Balaban J connectivity index is 3.13. The maximum Gasteiger partial charge on any atom is 0.232 e. The molecule has 1 aromatic carbocycles. The first kappa shape index (κ1) is 19.5. The topological polar surface area (TPSA) is 66.5 Å². The standard InChI is InChI=1S/C17H28N2O3S/c1-13(2)18-16(20)11-12-19(23(6,21)22)15-10-8-7-9-14(15)17(3,4)5/h7-10,13H,11-12H2,1-6H3,(H,18,20). The van der Waals surface area contributed by atoms with E-state index in [2.05, 4.69) is 5.32 Å². The minimum absolute atomic E-state index is 0.0380. The average molecular weight is 340 g/mol. The van der Waals surface area contributed by atoms with Gasteiger partial charge in [-0.2, -0.15) is 0 Å². The number of nitrogens with zero attached hydrogens (tertiary/aromatic N) is 1. The number of rotatable bonds is 6. The fourth-order valence-electron chi connectivity index (χ4n) is 2.39. The lowest BCUT2D eigenvalue weighted by Gasteiger charge is -2.30. The summed E-state index contributed by atoms with van der Waals surface area (Å²) in [6.45, 7) is 10.0. The second-order valence-corrected chi connectivity index (χ2v) is 8.98. The molecular weight excluding hydrogens is 312 g/mol. The predicted molar refractivity (Wildman–Crippen MR) is 95.2 cm³/mol. The van der Waals surface area contributed by atoms with Crippen LogP contribution in [0.15, 0.2) is 24.3 Å². The summed E-state index contributed by atoms with van der Waals surface area (Å²) in [5.74, 6) is -0.151. The van der Waals surface area contributed by atoms with Gasteiger partial charge in [-0.1, -0.05) is 39.0 Å². The van der Waals surface area contributed by atoms with E-state index in [-0.39, 0.29) is 30.3 Å². The van der Waals surface area contributed by atoms with Crippen LogP contribution in [0.3, 0.4) is 0 Å². The highest BCUT2D eigenvalue weighted by atomic mass is 32.2. The molecule has 1 aromatic rings. The SMILES string of the molecule is CC(C)NC(=O)CCN(c1ccccc1C(C)(C)C)S(C)(=O)=O. The number of hydrogen-bond donors (Lipinski definition) is 1. The summed E-state index contributed by atoms with van der Waals surface area (Å²) in [5.41, 5.74) is 1.38. The summed E-state index contributed by atoms with van der Waals surface area (Å²) >= 11 is 0. The van der Waals surface area contributed by atoms with E-state index in [1.807, 2.05) is 52.8 Å². The van der Waals surface area contributed by atoms with Gasteiger partial charge in [0.2, 0.25) is 15.9 Å². The lowest BCUT2D eigenvalue weighted by Crippen LogP contribution is -2.37. The third kappa shape index (κ3) is 5.86. The number of sulfonamides is 1. The summed E-state index contributed by atoms with van der Waals surface area (Å²) in [7, 11) is -3.47. The van der Waals surface area contributed by atoms with Gasteiger partial charge in [0.15, 0.2) is 0 Å². The lowest BCUT2D eigenvalue weighted by atomic mass is 9.86. The Labute approximate surface area is 140 Å². The molecular formula is C17H28N2O3S. The molecule has 0 bridgehead atoms. The van der Waals surface area contributed by atoms with Crippen molar-refractivity contribution >= 4 is 21.6 Å². The fraction of sp³-hybridized carbons (Fsp3) is 0.588. The quantitative estimate of drug-likeness (QED) is 0.866. The van der Waals surface area contributed by atoms with Gasteiger partial charge in [0.1, 0.15) is 0 Å². The van der Waals surface area contributed by atoms with Crippen LogP contribution in [0.1, 0.15) is 46.6 Å². The van der Waals surface area contributed by atoms with Crippen molar-refractivity contribution in [3.63, 3.8) is 0 Å². The van der Waals surface area contributed by atoms with Crippen LogP contribution in [0.4, 0.5) is 5.69 Å². The van der Waals surface area contributed by atoms with E-state index in [1.54, 1.807) is 6.07 Å². The molecule has 0 aliphatic carbocycles. The molecule has 0 atom stereocenters. The van der Waals surface area contributed by atoms with Gasteiger partial charge in [0.05, 0.1) is 11.9 Å². The molecule has 5 nitrogen and oxygen atoms in total. The molecule has 0 saturated heterocycles. The molecule has 130 valence electrons. The molecule has 0 spiro atoms. The van der Waals surface area contributed by atoms with Crippen molar-refractivity contribution in [2.24, 2.45) is 0 Å². The Bertz CT molecular complexity index is 646. The van der Waals surface area contributed by atoms with Gasteiger partial charge in [-0.3, -0.25) is 9.10 Å². The number of carbonyl (C=O) groups excluding carboxylic acids is 1. The molecule has 23 heavy (non-hydrogen) atoms. The summed E-state index contributed by atoms with van der Waals surface area (Å²) in [6.07, 6.45) is 1.30. The van der Waals surface area contributed by atoms with Crippen LogP contribution in [0.25, 0.3) is 0 Å². The molecule has 0 aliphatic heterocycles. The molecule has 0 radical (unpaired) electrons. The van der Waals surface area contributed by atoms with Gasteiger partial charge in [0, 0.05) is 19.0 Å². The normalized spacial score (nSPS) is 12.3. The van der Waals surface area contributed by atoms with Gasteiger partial charge in [-0.25, -0.2) is 8.42 Å². The largest absolute Gasteiger partial charge is 0.354 e. The number of carbonyl (C=O) groups is 1. The maximum absolute atomic E-state index is 12.2. The highest BCUT2D eigenvalue weighted by Crippen LogP contribution is 2.33. The monoisotopic (exact) mass is 340 g/mol. The van der Waals surface area contributed by atoms with Crippen molar-refractivity contribution in [3.8, 4) is 0 Å². The predicted octanol–water partition coefficient (Wildman–Crippen LogP) is 2.66. The Morgan fingerprint density at radius 2 is 1.78 bits per heavy atom. The fourth-order valence-corrected chi connectivity index (χ4v) is 3.33. The molecule has 0 unspecified atom stereocenters. The number of anilines is 1. The van der Waals surface area contributed by atoms with Crippen molar-refractivity contribution in [3.05, 3.63) is 29.8 Å². The first-order valence-corrected chi connectivity index (χ1v) is 9.64. The van der Waals surface area contributed by atoms with Crippen molar-refractivity contribution in [2.75, 3.05) is 17.1 Å². The lowest BCUT2D eigenvalue weighted by molar-refractivity contribution is -0.121. The van der Waals surface area contributed by atoms with Crippen LogP contribution in [0.2, 0.25) is 0 Å². The van der Waals surface area contributed by atoms with E-state index < -0.39 is 10.0 Å². The number of benzene rings is 1. The van der Waals surface area contributed by atoms with Gasteiger partial charge in [-0.15, -0.1) is 0 Å². The van der Waals surface area contributed by atoms with Crippen molar-refractivity contribution in [2.45, 2.75) is 52.5 Å². The molecule has 0 saturated carbocycles. The van der Waals surface area contributed by atoms with Gasteiger partial charge >= 0.3 is 0 Å². The maximum atomic E-state index is 12.2. The number of amides is 1. The van der Waals surface area contributed by atoms with Gasteiger partial charge in [0.25, 0.3) is 0 Å². The van der Waals surface area contributed by atoms with Crippen LogP contribution in [0, 0.1) is 0 Å². The zero-order valence-electron chi connectivity index (χ0n) is 14.9. The molecule has 1 N–H and O–H groups in total. The Hall–Kier alpha value is -1.56. The van der Waals surface area contributed by atoms with E-state index in [9.17, 15) is 13.2 Å². The highest BCUT2D eigenvalue weighted by molar-refractivity contribution is 7.92. The minimum Gasteiger partial charge on any atom is -0.354 e. The molecule has 0 fully saturated rings. The highest BCUT2D eigenvalue weighted by Gasteiger charge is 2.25. The van der Waals surface area contributed by atoms with Crippen LogP contribution in [-0.2, 0) is 20.2 Å². The average Bonchev–Trinajstić information content (AvgIpc) is 2.35. The number of hydrogen-bond acceptors (Lipinski definition) is 3. The second kappa shape index (κ2) is 7.34. The van der Waals surface area contributed by atoms with Crippen LogP contribution >= 0.6 is 0 Å². The van der Waals surface area contributed by atoms with Crippen LogP contribution in [-0.4, -0.2) is 33.2 Å².